The van der Waals surface area contributed by atoms with Crippen molar-refractivity contribution in [2.75, 3.05) is 0 Å². The van der Waals surface area contributed by atoms with E-state index in [-0.39, 0.29) is 39.4 Å². The van der Waals surface area contributed by atoms with Gasteiger partial charge in [0.05, 0.1) is 40.7 Å². The van der Waals surface area contributed by atoms with E-state index >= 15 is 0 Å². The van der Waals surface area contributed by atoms with E-state index in [1.807, 2.05) is 6.07 Å². The molecule has 30 heavy (non-hydrogen) atoms. The Kier molecular flexibility index (Phi) is 4.18. The Balaban J connectivity index is 1.86. The fraction of sp³-hybridized carbons (Fsp3) is 0.0476. The molecule has 146 valence electrons. The second kappa shape index (κ2) is 6.61. The number of nitrogens with one attached hydrogen (secondary N) is 2. The van der Waals surface area contributed by atoms with Crippen LogP contribution in [0.4, 0.5) is 18.9 Å². The molecule has 2 N–H and O–H groups in total. The summed E-state index contributed by atoms with van der Waals surface area (Å²) in [6.07, 6.45) is -4.51. The Labute approximate surface area is 167 Å². The molecular formula is C21H9F3N4O2. The average molecular weight is 406 g/mol. The van der Waals surface area contributed by atoms with Crippen molar-refractivity contribution in [1.82, 2.24) is 10.6 Å². The van der Waals surface area contributed by atoms with Crippen LogP contribution >= 0.6 is 0 Å². The molecule has 0 fully saturated rings. The molecule has 2 amide bonds. The number of hydrogen-bond donors (Lipinski definition) is 2. The zero-order valence-electron chi connectivity index (χ0n) is 14.9. The summed E-state index contributed by atoms with van der Waals surface area (Å²) in [5.74, 6) is -1.22. The third-order valence-corrected chi connectivity index (χ3v) is 4.65. The molecule has 0 atom stereocenters. The van der Waals surface area contributed by atoms with E-state index in [9.17, 15) is 22.8 Å². The molecule has 0 aliphatic carbocycles. The highest BCUT2D eigenvalue weighted by Crippen LogP contribution is 2.39. The second-order valence-corrected chi connectivity index (χ2v) is 6.48. The predicted octanol–water partition coefficient (Wildman–Crippen LogP) is 3.51. The van der Waals surface area contributed by atoms with E-state index in [1.54, 1.807) is 0 Å². The van der Waals surface area contributed by atoms with Gasteiger partial charge in [-0.15, -0.1) is 0 Å². The monoisotopic (exact) mass is 406 g/mol. The first kappa shape index (κ1) is 19.0. The number of carbonyl (C=O) groups is 2. The van der Waals surface area contributed by atoms with Gasteiger partial charge in [0.1, 0.15) is 0 Å². The number of fused-ring (bicyclic) bond motifs is 1. The van der Waals surface area contributed by atoms with Crippen LogP contribution in [0.1, 0.15) is 22.3 Å². The molecule has 4 rings (SSSR count). The van der Waals surface area contributed by atoms with Crippen LogP contribution in [0.3, 0.4) is 0 Å². The number of hydrogen-bond acceptors (Lipinski definition) is 3. The SMILES string of the molecule is [C-]#[N+]c1cc(C#N)cc(C2=C3C(=O)NC(c4ccc(C(F)(F)F)cc4)=C3C(=O)N2)c1. The molecule has 2 aliphatic heterocycles. The van der Waals surface area contributed by atoms with Crippen LogP contribution in [0.25, 0.3) is 16.2 Å². The number of halogens is 3. The van der Waals surface area contributed by atoms with E-state index < -0.39 is 23.6 Å². The molecule has 9 heteroatoms. The van der Waals surface area contributed by atoms with Gasteiger partial charge in [0.25, 0.3) is 11.8 Å². The number of amides is 2. The van der Waals surface area contributed by atoms with Gasteiger partial charge in [-0.25, -0.2) is 4.85 Å². The zero-order valence-corrected chi connectivity index (χ0v) is 14.9. The Bertz CT molecular complexity index is 1240. The van der Waals surface area contributed by atoms with Gasteiger partial charge in [-0.3, -0.25) is 9.59 Å². The van der Waals surface area contributed by atoms with Gasteiger partial charge in [-0.1, -0.05) is 12.1 Å². The van der Waals surface area contributed by atoms with Crippen LogP contribution in [-0.4, -0.2) is 11.8 Å². The molecule has 2 aromatic rings. The molecule has 0 spiro atoms. The number of nitriles is 1. The Morgan fingerprint density at radius 2 is 1.47 bits per heavy atom. The Morgan fingerprint density at radius 3 is 1.97 bits per heavy atom. The fourth-order valence-corrected chi connectivity index (χ4v) is 3.32. The highest BCUT2D eigenvalue weighted by molar-refractivity contribution is 6.30. The van der Waals surface area contributed by atoms with Gasteiger partial charge in [0.15, 0.2) is 5.69 Å². The smallest absolute Gasteiger partial charge is 0.321 e. The summed E-state index contributed by atoms with van der Waals surface area (Å²) >= 11 is 0. The molecule has 0 bridgehead atoms. The summed E-state index contributed by atoms with van der Waals surface area (Å²) in [6, 6.07) is 10.2. The lowest BCUT2D eigenvalue weighted by molar-refractivity contribution is -0.137. The molecular weight excluding hydrogens is 397 g/mol. The fourth-order valence-electron chi connectivity index (χ4n) is 3.32. The first-order valence-electron chi connectivity index (χ1n) is 8.45. The van der Waals surface area contributed by atoms with Gasteiger partial charge in [-0.05, 0) is 41.5 Å². The Morgan fingerprint density at radius 1 is 0.900 bits per heavy atom. The largest absolute Gasteiger partial charge is 0.416 e. The van der Waals surface area contributed by atoms with Gasteiger partial charge >= 0.3 is 6.18 Å². The topological polar surface area (TPSA) is 86.3 Å². The lowest BCUT2D eigenvalue weighted by Gasteiger charge is -2.10. The summed E-state index contributed by atoms with van der Waals surface area (Å²) in [6.45, 7) is 7.16. The van der Waals surface area contributed by atoms with Crippen LogP contribution in [0, 0.1) is 17.9 Å². The van der Waals surface area contributed by atoms with Crippen LogP contribution in [0.15, 0.2) is 53.6 Å². The van der Waals surface area contributed by atoms with Crippen molar-refractivity contribution < 1.29 is 22.8 Å². The summed E-state index contributed by atoms with van der Waals surface area (Å²) in [7, 11) is 0. The molecule has 2 heterocycles. The highest BCUT2D eigenvalue weighted by Gasteiger charge is 2.41. The van der Waals surface area contributed by atoms with Crippen molar-refractivity contribution in [3.05, 3.63) is 87.3 Å². The molecule has 2 aromatic carbocycles. The van der Waals surface area contributed by atoms with E-state index in [0.717, 1.165) is 12.1 Å². The van der Waals surface area contributed by atoms with Gasteiger partial charge < -0.3 is 10.6 Å². The van der Waals surface area contributed by atoms with Crippen LogP contribution in [0.2, 0.25) is 0 Å². The number of benzene rings is 2. The lowest BCUT2D eigenvalue weighted by Crippen LogP contribution is -2.21. The van der Waals surface area contributed by atoms with Crippen molar-refractivity contribution in [3.8, 4) is 6.07 Å². The summed E-state index contributed by atoms with van der Waals surface area (Å²) in [5.41, 5.74) is 0.280. The van der Waals surface area contributed by atoms with Crippen LogP contribution in [-0.2, 0) is 15.8 Å². The molecule has 0 aromatic heterocycles. The number of rotatable bonds is 2. The molecule has 0 saturated heterocycles. The van der Waals surface area contributed by atoms with Crippen molar-refractivity contribution in [2.45, 2.75) is 6.18 Å². The third kappa shape index (κ3) is 2.99. The standard InChI is InChI=1S/C21H9F3N4O2/c1-26-14-7-10(9-25)6-12(8-14)18-16-15(19(29)28-18)17(27-20(16)30)11-2-4-13(5-3-11)21(22,23)24/h2-8H,(H,27,30)(H,28,29). The summed E-state index contributed by atoms with van der Waals surface area (Å²) < 4.78 is 38.4. The van der Waals surface area contributed by atoms with Crippen molar-refractivity contribution >= 4 is 28.9 Å². The highest BCUT2D eigenvalue weighted by atomic mass is 19.4. The average Bonchev–Trinajstić information content (AvgIpc) is 3.25. The van der Waals surface area contributed by atoms with Gasteiger partial charge in [0.2, 0.25) is 0 Å². The van der Waals surface area contributed by atoms with Gasteiger partial charge in [-0.2, -0.15) is 18.4 Å². The second-order valence-electron chi connectivity index (χ2n) is 6.48. The van der Waals surface area contributed by atoms with Gasteiger partial charge in [0, 0.05) is 5.56 Å². The van der Waals surface area contributed by atoms with E-state index in [0.29, 0.717) is 5.56 Å². The minimum absolute atomic E-state index is 0.00137. The van der Waals surface area contributed by atoms with Crippen molar-refractivity contribution in [3.63, 3.8) is 0 Å². The van der Waals surface area contributed by atoms with Crippen molar-refractivity contribution in [2.24, 2.45) is 0 Å². The number of carbonyl (C=O) groups excluding carboxylic acids is 2. The molecule has 0 radical (unpaired) electrons. The first-order chi connectivity index (χ1) is 14.2. The predicted molar refractivity (Wildman–Crippen MR) is 99.0 cm³/mol. The first-order valence-corrected chi connectivity index (χ1v) is 8.45. The van der Waals surface area contributed by atoms with Crippen molar-refractivity contribution in [1.29, 1.82) is 5.26 Å². The quantitative estimate of drug-likeness (QED) is 0.749. The minimum atomic E-state index is -4.51. The zero-order chi connectivity index (χ0) is 21.6. The molecule has 0 saturated carbocycles. The maximum absolute atomic E-state index is 12.8. The summed E-state index contributed by atoms with van der Waals surface area (Å²) in [4.78, 5) is 28.5. The Hall–Kier alpha value is -4.37. The summed E-state index contributed by atoms with van der Waals surface area (Å²) in [5, 5.41) is 14.3. The molecule has 2 aliphatic rings. The maximum Gasteiger partial charge on any atom is 0.416 e. The normalized spacial score (nSPS) is 15.5. The number of nitrogens with zero attached hydrogens (tertiary/aromatic N) is 2. The van der Waals surface area contributed by atoms with Crippen LogP contribution in [0.5, 0.6) is 0 Å². The van der Waals surface area contributed by atoms with E-state index in [2.05, 4.69) is 15.5 Å². The van der Waals surface area contributed by atoms with E-state index in [4.69, 9.17) is 11.8 Å². The molecule has 0 unspecified atom stereocenters. The molecule has 6 nitrogen and oxygen atoms in total. The minimum Gasteiger partial charge on any atom is -0.321 e. The number of alkyl halides is 3. The van der Waals surface area contributed by atoms with E-state index in [1.165, 1.54) is 30.3 Å². The maximum atomic E-state index is 12.8. The van der Waals surface area contributed by atoms with Crippen LogP contribution < -0.4 is 10.6 Å². The third-order valence-electron chi connectivity index (χ3n) is 4.65. The lowest BCUT2D eigenvalue weighted by atomic mass is 10.00.